The second kappa shape index (κ2) is 2.79. The maximum Gasteiger partial charge on any atom is 0.235 e. The fourth-order valence-electron chi connectivity index (χ4n) is 1.11. The number of carbonyl (C=O) groups excluding carboxylic acids is 1. The summed E-state index contributed by atoms with van der Waals surface area (Å²) in [4.78, 5) is 10.7. The minimum Gasteiger partial charge on any atom is -0.389 e. The maximum atomic E-state index is 10.7. The Kier molecular flexibility index (Phi) is 2.15. The fraction of sp³-hybridized carbons (Fsp3) is 0.857. The number of hydrogen-bond acceptors (Lipinski definition) is 3. The highest BCUT2D eigenvalue weighted by molar-refractivity contribution is 5.77. The van der Waals surface area contributed by atoms with Crippen molar-refractivity contribution in [3.63, 3.8) is 0 Å². The lowest BCUT2D eigenvalue weighted by atomic mass is 10.1. The predicted octanol–water partition coefficient (Wildman–Crippen LogP) is -0.506. The molecule has 0 aromatic heterocycles. The van der Waals surface area contributed by atoms with Gasteiger partial charge in [0, 0.05) is 19.5 Å². The Morgan fingerprint density at radius 1 is 1.73 bits per heavy atom. The van der Waals surface area contributed by atoms with E-state index >= 15 is 0 Å². The first-order valence-corrected chi connectivity index (χ1v) is 3.74. The highest BCUT2D eigenvalue weighted by Gasteiger charge is 2.24. The molecule has 1 aliphatic rings. The summed E-state index contributed by atoms with van der Waals surface area (Å²) >= 11 is 0. The van der Waals surface area contributed by atoms with Crippen LogP contribution < -0.4 is 5.43 Å². The van der Waals surface area contributed by atoms with Crippen molar-refractivity contribution in [3.8, 4) is 0 Å². The molecule has 1 saturated heterocycles. The molecule has 0 atom stereocenters. The highest BCUT2D eigenvalue weighted by atomic mass is 16.3. The van der Waals surface area contributed by atoms with E-state index in [0.29, 0.717) is 19.5 Å². The molecule has 0 aromatic carbocycles. The zero-order valence-corrected chi connectivity index (χ0v) is 6.92. The summed E-state index contributed by atoms with van der Waals surface area (Å²) in [5.41, 5.74) is 1.91. The van der Waals surface area contributed by atoms with Crippen LogP contribution in [0.3, 0.4) is 0 Å². The average molecular weight is 158 g/mol. The standard InChI is InChI=1S/C7H14N2O2/c1-7(2,11)5-9-4-3-6(10)8-9/h11H,3-5H2,1-2H3,(H,8,10). The molecule has 4 nitrogen and oxygen atoms in total. The molecule has 1 aliphatic heterocycles. The number of rotatable bonds is 2. The summed E-state index contributed by atoms with van der Waals surface area (Å²) in [6, 6.07) is 0. The average Bonchev–Trinajstić information content (AvgIpc) is 2.10. The third-order valence-electron chi connectivity index (χ3n) is 1.47. The van der Waals surface area contributed by atoms with Crippen LogP contribution in [0.2, 0.25) is 0 Å². The Hall–Kier alpha value is -0.610. The zero-order chi connectivity index (χ0) is 8.48. The van der Waals surface area contributed by atoms with Crippen molar-refractivity contribution in [1.29, 1.82) is 0 Å². The number of carbonyl (C=O) groups is 1. The number of nitrogens with zero attached hydrogens (tertiary/aromatic N) is 1. The van der Waals surface area contributed by atoms with E-state index in [2.05, 4.69) is 5.43 Å². The Morgan fingerprint density at radius 3 is 2.73 bits per heavy atom. The van der Waals surface area contributed by atoms with E-state index in [-0.39, 0.29) is 5.91 Å². The number of hydrazine groups is 1. The van der Waals surface area contributed by atoms with Crippen molar-refractivity contribution in [2.45, 2.75) is 25.9 Å². The number of β-amino-alcohol motifs (C(OH)–C–C–N with tert-alkyl or cyclic N) is 1. The molecular formula is C7H14N2O2. The Labute approximate surface area is 66.2 Å². The number of nitrogens with one attached hydrogen (secondary N) is 1. The molecule has 0 aromatic rings. The van der Waals surface area contributed by atoms with Gasteiger partial charge in [0.1, 0.15) is 0 Å². The first-order valence-electron chi connectivity index (χ1n) is 3.74. The molecular weight excluding hydrogens is 144 g/mol. The topological polar surface area (TPSA) is 52.6 Å². The molecule has 11 heavy (non-hydrogen) atoms. The van der Waals surface area contributed by atoms with Gasteiger partial charge in [-0.25, -0.2) is 5.01 Å². The molecule has 0 spiro atoms. The van der Waals surface area contributed by atoms with Crippen LogP contribution in [0.15, 0.2) is 0 Å². The smallest absolute Gasteiger partial charge is 0.235 e. The summed E-state index contributed by atoms with van der Waals surface area (Å²) in [6.07, 6.45) is 0.538. The van der Waals surface area contributed by atoms with Gasteiger partial charge in [-0.15, -0.1) is 0 Å². The molecule has 64 valence electrons. The Balaban J connectivity index is 2.34. The van der Waals surface area contributed by atoms with Gasteiger partial charge in [-0.05, 0) is 13.8 Å². The third-order valence-corrected chi connectivity index (χ3v) is 1.47. The van der Waals surface area contributed by atoms with Crippen molar-refractivity contribution >= 4 is 5.91 Å². The molecule has 0 radical (unpaired) electrons. The van der Waals surface area contributed by atoms with Crippen LogP contribution in [-0.4, -0.2) is 34.7 Å². The van der Waals surface area contributed by atoms with Crippen LogP contribution in [-0.2, 0) is 4.79 Å². The van der Waals surface area contributed by atoms with E-state index in [1.54, 1.807) is 18.9 Å². The molecule has 0 bridgehead atoms. The van der Waals surface area contributed by atoms with E-state index in [1.807, 2.05) is 0 Å². The van der Waals surface area contributed by atoms with Gasteiger partial charge >= 0.3 is 0 Å². The number of amides is 1. The molecule has 1 fully saturated rings. The van der Waals surface area contributed by atoms with Crippen molar-refractivity contribution in [2.24, 2.45) is 0 Å². The normalized spacial score (nSPS) is 20.5. The van der Waals surface area contributed by atoms with Gasteiger partial charge in [0.05, 0.1) is 5.60 Å². The lowest BCUT2D eigenvalue weighted by Crippen LogP contribution is -2.43. The van der Waals surface area contributed by atoms with Gasteiger partial charge in [0.15, 0.2) is 0 Å². The fourth-order valence-corrected chi connectivity index (χ4v) is 1.11. The second-order valence-corrected chi connectivity index (χ2v) is 3.52. The summed E-state index contributed by atoms with van der Waals surface area (Å²) < 4.78 is 0. The maximum absolute atomic E-state index is 10.7. The largest absolute Gasteiger partial charge is 0.389 e. The van der Waals surface area contributed by atoms with Crippen LogP contribution in [0, 0.1) is 0 Å². The van der Waals surface area contributed by atoms with Crippen LogP contribution in [0.5, 0.6) is 0 Å². The molecule has 1 heterocycles. The number of aliphatic hydroxyl groups is 1. The van der Waals surface area contributed by atoms with E-state index in [1.165, 1.54) is 0 Å². The SMILES string of the molecule is CC(C)(O)CN1CCC(=O)N1. The molecule has 0 aliphatic carbocycles. The molecule has 0 saturated carbocycles. The lowest BCUT2D eigenvalue weighted by molar-refractivity contribution is -0.121. The first kappa shape index (κ1) is 8.49. The molecule has 0 unspecified atom stereocenters. The highest BCUT2D eigenvalue weighted by Crippen LogP contribution is 2.06. The van der Waals surface area contributed by atoms with Crippen LogP contribution in [0.4, 0.5) is 0 Å². The van der Waals surface area contributed by atoms with Gasteiger partial charge < -0.3 is 5.11 Å². The van der Waals surface area contributed by atoms with Crippen LogP contribution in [0.25, 0.3) is 0 Å². The third kappa shape index (κ3) is 2.86. The predicted molar refractivity (Wildman–Crippen MR) is 40.6 cm³/mol. The van der Waals surface area contributed by atoms with Crippen molar-refractivity contribution < 1.29 is 9.90 Å². The summed E-state index contributed by atoms with van der Waals surface area (Å²) in [5, 5.41) is 11.1. The van der Waals surface area contributed by atoms with Crippen molar-refractivity contribution in [1.82, 2.24) is 10.4 Å². The minimum absolute atomic E-state index is 0.0363. The molecule has 1 rings (SSSR count). The summed E-state index contributed by atoms with van der Waals surface area (Å²) in [7, 11) is 0. The van der Waals surface area contributed by atoms with Gasteiger partial charge in [0.2, 0.25) is 5.91 Å². The van der Waals surface area contributed by atoms with Crippen LogP contribution >= 0.6 is 0 Å². The Bertz CT molecular complexity index is 162. The van der Waals surface area contributed by atoms with E-state index in [0.717, 1.165) is 0 Å². The van der Waals surface area contributed by atoms with Crippen LogP contribution in [0.1, 0.15) is 20.3 Å². The monoisotopic (exact) mass is 158 g/mol. The van der Waals surface area contributed by atoms with E-state index < -0.39 is 5.60 Å². The van der Waals surface area contributed by atoms with E-state index in [9.17, 15) is 9.90 Å². The van der Waals surface area contributed by atoms with Crippen molar-refractivity contribution in [2.75, 3.05) is 13.1 Å². The van der Waals surface area contributed by atoms with Crippen molar-refractivity contribution in [3.05, 3.63) is 0 Å². The minimum atomic E-state index is -0.738. The van der Waals surface area contributed by atoms with E-state index in [4.69, 9.17) is 0 Å². The summed E-state index contributed by atoms with van der Waals surface area (Å²) in [6.45, 7) is 4.62. The van der Waals surface area contributed by atoms with Gasteiger partial charge in [-0.2, -0.15) is 0 Å². The second-order valence-electron chi connectivity index (χ2n) is 3.52. The number of hydrogen-bond donors (Lipinski definition) is 2. The molecule has 2 N–H and O–H groups in total. The summed E-state index contributed by atoms with van der Waals surface area (Å²) in [5.74, 6) is 0.0363. The quantitative estimate of drug-likeness (QED) is 0.569. The molecule has 1 amide bonds. The molecule has 4 heteroatoms. The Morgan fingerprint density at radius 2 is 2.36 bits per heavy atom. The zero-order valence-electron chi connectivity index (χ0n) is 6.92. The first-order chi connectivity index (χ1) is 4.97. The van der Waals surface area contributed by atoms with Gasteiger partial charge in [0.25, 0.3) is 0 Å². The van der Waals surface area contributed by atoms with Gasteiger partial charge in [-0.3, -0.25) is 10.2 Å². The van der Waals surface area contributed by atoms with Gasteiger partial charge in [-0.1, -0.05) is 0 Å². The lowest BCUT2D eigenvalue weighted by Gasteiger charge is -2.23.